The topological polar surface area (TPSA) is 84.1 Å². The molecule has 1 aromatic heterocycles. The van der Waals surface area contributed by atoms with E-state index in [0.717, 1.165) is 0 Å². The number of nitrogens with one attached hydrogen (secondary N) is 2. The highest BCUT2D eigenvalue weighted by Crippen LogP contribution is 2.11. The van der Waals surface area contributed by atoms with Gasteiger partial charge in [0.2, 0.25) is 0 Å². The molecule has 0 spiro atoms. The SMILES string of the molecule is COC(=O)c1ccc(NC(=O)c2cn[nH]c2)cc1. The highest BCUT2D eigenvalue weighted by atomic mass is 16.5. The minimum Gasteiger partial charge on any atom is -0.465 e. The first kappa shape index (κ1) is 11.8. The minimum absolute atomic E-state index is 0.269. The lowest BCUT2D eigenvalue weighted by molar-refractivity contribution is 0.0600. The second-order valence-corrected chi connectivity index (χ2v) is 3.51. The molecule has 0 fully saturated rings. The first-order valence-electron chi connectivity index (χ1n) is 5.19. The second-order valence-electron chi connectivity index (χ2n) is 3.51. The molecule has 1 amide bonds. The van der Waals surface area contributed by atoms with Crippen molar-refractivity contribution >= 4 is 17.6 Å². The molecule has 0 bridgehead atoms. The number of benzene rings is 1. The number of nitrogens with zero attached hydrogens (tertiary/aromatic N) is 1. The summed E-state index contributed by atoms with van der Waals surface area (Å²) in [5, 5.41) is 8.92. The van der Waals surface area contributed by atoms with E-state index in [4.69, 9.17) is 0 Å². The van der Waals surface area contributed by atoms with Gasteiger partial charge < -0.3 is 10.1 Å². The van der Waals surface area contributed by atoms with Crippen LogP contribution in [0.2, 0.25) is 0 Å². The summed E-state index contributed by atoms with van der Waals surface area (Å²) < 4.78 is 4.58. The van der Waals surface area contributed by atoms with Gasteiger partial charge in [0.05, 0.1) is 24.4 Å². The molecule has 0 saturated heterocycles. The predicted octanol–water partition coefficient (Wildman–Crippen LogP) is 1.45. The molecule has 1 aromatic carbocycles. The van der Waals surface area contributed by atoms with Crippen LogP contribution < -0.4 is 5.32 Å². The van der Waals surface area contributed by atoms with Crippen LogP contribution in [-0.2, 0) is 4.74 Å². The number of anilines is 1. The third-order valence-electron chi connectivity index (χ3n) is 2.32. The molecule has 18 heavy (non-hydrogen) atoms. The maximum atomic E-state index is 11.7. The van der Waals surface area contributed by atoms with Crippen LogP contribution in [0.1, 0.15) is 20.7 Å². The van der Waals surface area contributed by atoms with E-state index in [1.165, 1.54) is 19.5 Å². The number of H-pyrrole nitrogens is 1. The average molecular weight is 245 g/mol. The predicted molar refractivity (Wildman–Crippen MR) is 64.3 cm³/mol. The minimum atomic E-state index is -0.414. The lowest BCUT2D eigenvalue weighted by Gasteiger charge is -2.04. The van der Waals surface area contributed by atoms with Crippen LogP contribution in [0.3, 0.4) is 0 Å². The Balaban J connectivity index is 2.07. The van der Waals surface area contributed by atoms with Crippen LogP contribution in [0.4, 0.5) is 5.69 Å². The van der Waals surface area contributed by atoms with Gasteiger partial charge >= 0.3 is 5.97 Å². The maximum Gasteiger partial charge on any atom is 0.337 e. The van der Waals surface area contributed by atoms with Crippen LogP contribution in [0.5, 0.6) is 0 Å². The van der Waals surface area contributed by atoms with E-state index in [9.17, 15) is 9.59 Å². The van der Waals surface area contributed by atoms with Gasteiger partial charge in [-0.1, -0.05) is 0 Å². The van der Waals surface area contributed by atoms with Gasteiger partial charge in [0.15, 0.2) is 0 Å². The largest absolute Gasteiger partial charge is 0.465 e. The van der Waals surface area contributed by atoms with Gasteiger partial charge in [0.25, 0.3) is 5.91 Å². The lowest BCUT2D eigenvalue weighted by Crippen LogP contribution is -2.11. The molecule has 1 heterocycles. The van der Waals surface area contributed by atoms with Crippen LogP contribution in [0.25, 0.3) is 0 Å². The Bertz CT molecular complexity index is 546. The molecule has 2 N–H and O–H groups in total. The Labute approximate surface area is 103 Å². The van der Waals surface area contributed by atoms with Crippen LogP contribution in [-0.4, -0.2) is 29.2 Å². The third kappa shape index (κ3) is 2.54. The third-order valence-corrected chi connectivity index (χ3v) is 2.32. The zero-order valence-corrected chi connectivity index (χ0v) is 9.64. The molecule has 0 aliphatic heterocycles. The molecule has 0 aliphatic rings. The Morgan fingerprint density at radius 3 is 2.50 bits per heavy atom. The Kier molecular flexibility index (Phi) is 3.38. The van der Waals surface area contributed by atoms with E-state index >= 15 is 0 Å². The Morgan fingerprint density at radius 2 is 1.94 bits per heavy atom. The summed E-state index contributed by atoms with van der Waals surface area (Å²) in [6, 6.07) is 6.42. The molecule has 2 rings (SSSR count). The zero-order chi connectivity index (χ0) is 13.0. The van der Waals surface area contributed by atoms with Crippen molar-refractivity contribution in [3.05, 3.63) is 47.8 Å². The number of esters is 1. The number of carbonyl (C=O) groups is 2. The van der Waals surface area contributed by atoms with Crippen molar-refractivity contribution in [2.24, 2.45) is 0 Å². The van der Waals surface area contributed by atoms with Gasteiger partial charge in [-0.25, -0.2) is 4.79 Å². The first-order chi connectivity index (χ1) is 8.70. The molecule has 0 unspecified atom stereocenters. The number of hydrogen-bond donors (Lipinski definition) is 2. The molecule has 0 atom stereocenters. The molecule has 0 saturated carbocycles. The zero-order valence-electron chi connectivity index (χ0n) is 9.64. The summed E-state index contributed by atoms with van der Waals surface area (Å²) >= 11 is 0. The van der Waals surface area contributed by atoms with Crippen molar-refractivity contribution in [2.75, 3.05) is 12.4 Å². The summed E-state index contributed by atoms with van der Waals surface area (Å²) in [7, 11) is 1.32. The van der Waals surface area contributed by atoms with Gasteiger partial charge in [0.1, 0.15) is 0 Å². The van der Waals surface area contributed by atoms with Gasteiger partial charge in [0, 0.05) is 11.9 Å². The molecule has 6 nitrogen and oxygen atoms in total. The van der Waals surface area contributed by atoms with E-state index in [1.54, 1.807) is 24.3 Å². The standard InChI is InChI=1S/C12H11N3O3/c1-18-12(17)8-2-4-10(5-3-8)15-11(16)9-6-13-14-7-9/h2-7H,1H3,(H,13,14)(H,15,16). The summed E-state index contributed by atoms with van der Waals surface area (Å²) in [5.74, 6) is -0.683. The number of methoxy groups -OCH3 is 1. The van der Waals surface area contributed by atoms with Gasteiger partial charge in [-0.3, -0.25) is 9.89 Å². The fourth-order valence-corrected chi connectivity index (χ4v) is 1.39. The number of ether oxygens (including phenoxy) is 1. The number of aromatic nitrogens is 2. The maximum absolute atomic E-state index is 11.7. The molecule has 0 radical (unpaired) electrons. The van der Waals surface area contributed by atoms with Crippen molar-refractivity contribution in [2.45, 2.75) is 0 Å². The fourth-order valence-electron chi connectivity index (χ4n) is 1.39. The van der Waals surface area contributed by atoms with E-state index in [0.29, 0.717) is 16.8 Å². The lowest BCUT2D eigenvalue weighted by atomic mass is 10.2. The fraction of sp³-hybridized carbons (Fsp3) is 0.0833. The van der Waals surface area contributed by atoms with Crippen molar-refractivity contribution in [3.8, 4) is 0 Å². The van der Waals surface area contributed by atoms with Gasteiger partial charge in [-0.05, 0) is 24.3 Å². The van der Waals surface area contributed by atoms with Gasteiger partial charge in [-0.15, -0.1) is 0 Å². The summed E-state index contributed by atoms with van der Waals surface area (Å²) in [4.78, 5) is 22.9. The second kappa shape index (κ2) is 5.13. The number of rotatable bonds is 3. The van der Waals surface area contributed by atoms with E-state index < -0.39 is 5.97 Å². The Morgan fingerprint density at radius 1 is 1.22 bits per heavy atom. The first-order valence-corrected chi connectivity index (χ1v) is 5.19. The molecule has 2 aromatic rings. The molecule has 6 heteroatoms. The van der Waals surface area contributed by atoms with Gasteiger partial charge in [-0.2, -0.15) is 5.10 Å². The number of carbonyl (C=O) groups excluding carboxylic acids is 2. The highest BCUT2D eigenvalue weighted by molar-refractivity contribution is 6.04. The number of aromatic amines is 1. The Hall–Kier alpha value is -2.63. The van der Waals surface area contributed by atoms with Crippen LogP contribution in [0, 0.1) is 0 Å². The smallest absolute Gasteiger partial charge is 0.337 e. The van der Waals surface area contributed by atoms with Crippen molar-refractivity contribution < 1.29 is 14.3 Å². The molecule has 0 aliphatic carbocycles. The van der Waals surface area contributed by atoms with Crippen molar-refractivity contribution in [1.29, 1.82) is 0 Å². The molecular formula is C12H11N3O3. The normalized spacial score (nSPS) is 9.83. The molecule has 92 valence electrons. The summed E-state index contributed by atoms with van der Waals surface area (Å²) in [6.07, 6.45) is 2.93. The van der Waals surface area contributed by atoms with E-state index in [1.807, 2.05) is 0 Å². The van der Waals surface area contributed by atoms with Crippen LogP contribution in [0.15, 0.2) is 36.7 Å². The monoisotopic (exact) mass is 245 g/mol. The molecular weight excluding hydrogens is 234 g/mol. The highest BCUT2D eigenvalue weighted by Gasteiger charge is 2.08. The summed E-state index contributed by atoms with van der Waals surface area (Å²) in [6.45, 7) is 0. The number of amides is 1. The average Bonchev–Trinajstić information content (AvgIpc) is 2.92. The summed E-state index contributed by atoms with van der Waals surface area (Å²) in [5.41, 5.74) is 1.46. The van der Waals surface area contributed by atoms with Crippen molar-refractivity contribution in [3.63, 3.8) is 0 Å². The van der Waals surface area contributed by atoms with Crippen LogP contribution >= 0.6 is 0 Å². The number of hydrogen-bond acceptors (Lipinski definition) is 4. The van der Waals surface area contributed by atoms with Crippen molar-refractivity contribution in [1.82, 2.24) is 10.2 Å². The quantitative estimate of drug-likeness (QED) is 0.801. The van der Waals surface area contributed by atoms with E-state index in [-0.39, 0.29) is 5.91 Å². The van der Waals surface area contributed by atoms with E-state index in [2.05, 4.69) is 20.3 Å².